The fraction of sp³-hybridized carbons (Fsp3) is 0.318. The second-order valence-corrected chi connectivity index (χ2v) is 6.80. The lowest BCUT2D eigenvalue weighted by Gasteiger charge is -2.25. The number of aliphatic hydroxyl groups is 1. The van der Waals surface area contributed by atoms with Gasteiger partial charge in [-0.15, -0.1) is 0 Å². The molecule has 1 saturated heterocycles. The van der Waals surface area contributed by atoms with Crippen molar-refractivity contribution in [1.29, 1.82) is 0 Å². The maximum absolute atomic E-state index is 12.9. The van der Waals surface area contributed by atoms with E-state index in [1.54, 1.807) is 56.9 Å². The first kappa shape index (κ1) is 20.5. The number of amides is 1. The molecule has 1 aromatic carbocycles. The van der Waals surface area contributed by atoms with Gasteiger partial charge in [0.25, 0.3) is 11.7 Å². The molecule has 1 N–H and O–H groups in total. The molecule has 29 heavy (non-hydrogen) atoms. The Labute approximate surface area is 169 Å². The SMILES string of the molecule is COCCCN1C(=O)C(=O)/C(=C(\O)c2ccc(OC)c(C)c2)C1c1ccncc1. The average Bonchev–Trinajstić information content (AvgIpc) is 2.99. The first-order valence-corrected chi connectivity index (χ1v) is 9.31. The molecule has 0 saturated carbocycles. The van der Waals surface area contributed by atoms with E-state index < -0.39 is 17.7 Å². The van der Waals surface area contributed by atoms with Crippen molar-refractivity contribution in [3.63, 3.8) is 0 Å². The van der Waals surface area contributed by atoms with Gasteiger partial charge in [0.2, 0.25) is 0 Å². The molecule has 0 aliphatic carbocycles. The Morgan fingerprint density at radius 3 is 2.52 bits per heavy atom. The van der Waals surface area contributed by atoms with Gasteiger partial charge in [-0.25, -0.2) is 0 Å². The Morgan fingerprint density at radius 1 is 1.17 bits per heavy atom. The highest BCUT2D eigenvalue weighted by Crippen LogP contribution is 2.39. The highest BCUT2D eigenvalue weighted by molar-refractivity contribution is 6.46. The van der Waals surface area contributed by atoms with Crippen LogP contribution in [0.4, 0.5) is 0 Å². The predicted molar refractivity (Wildman–Crippen MR) is 107 cm³/mol. The molecule has 1 fully saturated rings. The Morgan fingerprint density at radius 2 is 1.90 bits per heavy atom. The third kappa shape index (κ3) is 4.00. The summed E-state index contributed by atoms with van der Waals surface area (Å²) in [5.74, 6) is -0.859. The van der Waals surface area contributed by atoms with Gasteiger partial charge in [-0.1, -0.05) is 0 Å². The summed E-state index contributed by atoms with van der Waals surface area (Å²) in [4.78, 5) is 31.1. The van der Waals surface area contributed by atoms with Crippen molar-refractivity contribution < 1.29 is 24.2 Å². The average molecular weight is 396 g/mol. The summed E-state index contributed by atoms with van der Waals surface area (Å²) in [7, 11) is 3.15. The smallest absolute Gasteiger partial charge is 0.295 e. The third-order valence-corrected chi connectivity index (χ3v) is 4.98. The number of hydrogen-bond acceptors (Lipinski definition) is 6. The molecule has 0 bridgehead atoms. The normalized spacial score (nSPS) is 18.3. The summed E-state index contributed by atoms with van der Waals surface area (Å²) >= 11 is 0. The minimum absolute atomic E-state index is 0.0724. The van der Waals surface area contributed by atoms with Crippen LogP contribution in [0.3, 0.4) is 0 Å². The number of aryl methyl sites for hydroxylation is 1. The summed E-state index contributed by atoms with van der Waals surface area (Å²) in [6, 6.07) is 7.93. The minimum Gasteiger partial charge on any atom is -0.507 e. The number of ketones is 1. The number of rotatable bonds is 7. The topological polar surface area (TPSA) is 89.0 Å². The summed E-state index contributed by atoms with van der Waals surface area (Å²) < 4.78 is 10.3. The number of carbonyl (C=O) groups excluding carboxylic acids is 2. The monoisotopic (exact) mass is 396 g/mol. The Kier molecular flexibility index (Phi) is 6.29. The lowest BCUT2D eigenvalue weighted by molar-refractivity contribution is -0.140. The summed E-state index contributed by atoms with van der Waals surface area (Å²) in [6.07, 6.45) is 3.77. The van der Waals surface area contributed by atoms with Gasteiger partial charge >= 0.3 is 0 Å². The van der Waals surface area contributed by atoms with E-state index in [2.05, 4.69) is 4.98 Å². The van der Waals surface area contributed by atoms with E-state index in [1.807, 2.05) is 6.92 Å². The maximum atomic E-state index is 12.9. The largest absolute Gasteiger partial charge is 0.507 e. The molecule has 2 heterocycles. The van der Waals surface area contributed by atoms with Crippen molar-refractivity contribution in [2.24, 2.45) is 0 Å². The first-order chi connectivity index (χ1) is 14.0. The number of carbonyl (C=O) groups is 2. The van der Waals surface area contributed by atoms with Crippen LogP contribution in [-0.4, -0.2) is 54.1 Å². The van der Waals surface area contributed by atoms with Crippen LogP contribution in [0.1, 0.15) is 29.2 Å². The second kappa shape index (κ2) is 8.87. The molecule has 3 rings (SSSR count). The summed E-state index contributed by atoms with van der Waals surface area (Å²) in [5.41, 5.74) is 2.05. The fourth-order valence-electron chi connectivity index (χ4n) is 3.56. The van der Waals surface area contributed by atoms with E-state index in [-0.39, 0.29) is 11.3 Å². The molecule has 2 aromatic rings. The molecule has 152 valence electrons. The summed E-state index contributed by atoms with van der Waals surface area (Å²) in [6.45, 7) is 2.65. The van der Waals surface area contributed by atoms with Crippen LogP contribution in [0.2, 0.25) is 0 Å². The zero-order valence-corrected chi connectivity index (χ0v) is 16.7. The first-order valence-electron chi connectivity index (χ1n) is 9.31. The molecule has 1 aliphatic rings. The van der Waals surface area contributed by atoms with Gasteiger partial charge in [0.1, 0.15) is 11.5 Å². The van der Waals surface area contributed by atoms with Crippen molar-refractivity contribution >= 4 is 17.4 Å². The third-order valence-electron chi connectivity index (χ3n) is 4.98. The highest BCUT2D eigenvalue weighted by atomic mass is 16.5. The Balaban J connectivity index is 2.11. The van der Waals surface area contributed by atoms with Gasteiger partial charge < -0.3 is 19.5 Å². The molecule has 7 nitrogen and oxygen atoms in total. The molecular formula is C22H24N2O5. The van der Waals surface area contributed by atoms with E-state index in [1.165, 1.54) is 4.90 Å². The molecule has 1 unspecified atom stereocenters. The maximum Gasteiger partial charge on any atom is 0.295 e. The van der Waals surface area contributed by atoms with Crippen molar-refractivity contribution in [2.45, 2.75) is 19.4 Å². The quantitative estimate of drug-likeness (QED) is 0.335. The van der Waals surface area contributed by atoms with Crippen molar-refractivity contribution in [3.05, 3.63) is 65.0 Å². The number of ether oxygens (including phenoxy) is 2. The van der Waals surface area contributed by atoms with Gasteiger partial charge in [-0.05, 0) is 54.8 Å². The number of methoxy groups -OCH3 is 2. The second-order valence-electron chi connectivity index (χ2n) is 6.80. The standard InChI is InChI=1S/C22H24N2O5/c1-14-13-16(5-6-17(14)29-3)20(25)18-19(15-7-9-23-10-8-15)24(11-4-12-28-2)22(27)21(18)26/h5-10,13,19,25H,4,11-12H2,1-3H3/b20-18-. The zero-order valence-electron chi connectivity index (χ0n) is 16.7. The van der Waals surface area contributed by atoms with E-state index in [0.717, 1.165) is 5.56 Å². The molecule has 1 amide bonds. The molecule has 1 aromatic heterocycles. The zero-order chi connectivity index (χ0) is 21.0. The molecular weight excluding hydrogens is 372 g/mol. The summed E-state index contributed by atoms with van der Waals surface area (Å²) in [5, 5.41) is 11.0. The lowest BCUT2D eigenvalue weighted by Crippen LogP contribution is -2.31. The number of benzene rings is 1. The van der Waals surface area contributed by atoms with E-state index in [4.69, 9.17) is 9.47 Å². The van der Waals surface area contributed by atoms with Crippen molar-refractivity contribution in [3.8, 4) is 5.75 Å². The van der Waals surface area contributed by atoms with Crippen LogP contribution in [0.15, 0.2) is 48.3 Å². The fourth-order valence-corrected chi connectivity index (χ4v) is 3.56. The molecule has 7 heteroatoms. The number of Topliss-reactive ketones (excluding diaryl/α,β-unsaturated/α-hetero) is 1. The van der Waals surface area contributed by atoms with Crippen LogP contribution in [0, 0.1) is 6.92 Å². The number of aromatic nitrogens is 1. The van der Waals surface area contributed by atoms with Gasteiger partial charge in [0.15, 0.2) is 0 Å². The van der Waals surface area contributed by atoms with Gasteiger partial charge in [0, 0.05) is 38.2 Å². The van der Waals surface area contributed by atoms with Crippen LogP contribution in [0.25, 0.3) is 5.76 Å². The van der Waals surface area contributed by atoms with Crippen LogP contribution < -0.4 is 4.74 Å². The van der Waals surface area contributed by atoms with Gasteiger partial charge in [0.05, 0.1) is 18.7 Å². The van der Waals surface area contributed by atoms with E-state index in [9.17, 15) is 14.7 Å². The number of nitrogens with zero attached hydrogens (tertiary/aromatic N) is 2. The lowest BCUT2D eigenvalue weighted by atomic mass is 9.95. The Hall–Kier alpha value is -3.19. The molecule has 1 aliphatic heterocycles. The number of aliphatic hydroxyl groups excluding tert-OH is 1. The van der Waals surface area contributed by atoms with Gasteiger partial charge in [-0.2, -0.15) is 0 Å². The molecule has 1 atom stereocenters. The number of hydrogen-bond donors (Lipinski definition) is 1. The highest BCUT2D eigenvalue weighted by Gasteiger charge is 2.45. The van der Waals surface area contributed by atoms with Crippen LogP contribution in [-0.2, 0) is 14.3 Å². The van der Waals surface area contributed by atoms with Crippen molar-refractivity contribution in [2.75, 3.05) is 27.4 Å². The van der Waals surface area contributed by atoms with Crippen molar-refractivity contribution in [1.82, 2.24) is 9.88 Å². The number of likely N-dealkylation sites (tertiary alicyclic amines) is 1. The van der Waals surface area contributed by atoms with E-state index >= 15 is 0 Å². The molecule has 0 spiro atoms. The van der Waals surface area contributed by atoms with E-state index in [0.29, 0.717) is 36.4 Å². The Bertz CT molecular complexity index is 939. The van der Waals surface area contributed by atoms with Gasteiger partial charge in [-0.3, -0.25) is 14.6 Å². The number of pyridine rings is 1. The molecule has 0 radical (unpaired) electrons. The predicted octanol–water partition coefficient (Wildman–Crippen LogP) is 2.86. The van der Waals surface area contributed by atoms with Crippen LogP contribution >= 0.6 is 0 Å². The van der Waals surface area contributed by atoms with Crippen LogP contribution in [0.5, 0.6) is 5.75 Å². The minimum atomic E-state index is -0.699.